The summed E-state index contributed by atoms with van der Waals surface area (Å²) in [7, 11) is 0. The second kappa shape index (κ2) is 5.16. The largest absolute Gasteiger partial charge is 0.365 e. The van der Waals surface area contributed by atoms with E-state index in [2.05, 4.69) is 15.5 Å². The maximum absolute atomic E-state index is 11.7. The van der Waals surface area contributed by atoms with E-state index in [1.807, 2.05) is 26.0 Å². The van der Waals surface area contributed by atoms with Crippen LogP contribution in [0.5, 0.6) is 0 Å². The monoisotopic (exact) mass is 313 g/mol. The standard InChI is InChI=1S/C15H15N5O3/c1-6-11(7(2)23-20-6)8-3-4-9-10(5-8)18-14(19-15(17)22)12(9)13(16)21/h3-5,18H,1-2H3,(H2,16,21)(H3,17,19,22). The molecule has 2 heterocycles. The van der Waals surface area contributed by atoms with Gasteiger partial charge in [0, 0.05) is 16.5 Å². The van der Waals surface area contributed by atoms with Crippen LogP contribution in [-0.4, -0.2) is 22.1 Å². The fourth-order valence-corrected chi connectivity index (χ4v) is 2.72. The van der Waals surface area contributed by atoms with Gasteiger partial charge in [0.1, 0.15) is 11.6 Å². The van der Waals surface area contributed by atoms with Crippen LogP contribution in [0.15, 0.2) is 22.7 Å². The lowest BCUT2D eigenvalue weighted by Crippen LogP contribution is -2.22. The van der Waals surface area contributed by atoms with Crippen molar-refractivity contribution >= 4 is 28.7 Å². The van der Waals surface area contributed by atoms with Gasteiger partial charge in [-0.2, -0.15) is 0 Å². The summed E-state index contributed by atoms with van der Waals surface area (Å²) in [4.78, 5) is 25.7. The minimum absolute atomic E-state index is 0.177. The van der Waals surface area contributed by atoms with Crippen LogP contribution in [-0.2, 0) is 0 Å². The van der Waals surface area contributed by atoms with Crippen molar-refractivity contribution < 1.29 is 14.1 Å². The minimum atomic E-state index is -0.787. The Morgan fingerprint density at radius 2 is 2.00 bits per heavy atom. The molecule has 118 valence electrons. The lowest BCUT2D eigenvalue weighted by molar-refractivity contribution is 0.100. The van der Waals surface area contributed by atoms with Crippen molar-refractivity contribution in [3.63, 3.8) is 0 Å². The summed E-state index contributed by atoms with van der Waals surface area (Å²) >= 11 is 0. The molecular weight excluding hydrogens is 298 g/mol. The molecular formula is C15H15N5O3. The Bertz CT molecular complexity index is 919. The van der Waals surface area contributed by atoms with E-state index in [0.29, 0.717) is 16.7 Å². The van der Waals surface area contributed by atoms with Crippen LogP contribution < -0.4 is 16.8 Å². The Morgan fingerprint density at radius 1 is 1.26 bits per heavy atom. The highest BCUT2D eigenvalue weighted by atomic mass is 16.5. The molecule has 8 heteroatoms. The summed E-state index contributed by atoms with van der Waals surface area (Å²) in [5.74, 6) is 0.208. The van der Waals surface area contributed by atoms with Gasteiger partial charge in [0.15, 0.2) is 0 Å². The predicted octanol–water partition coefficient (Wildman–Crippen LogP) is 2.03. The molecule has 1 aromatic carbocycles. The molecule has 0 fully saturated rings. The summed E-state index contributed by atoms with van der Waals surface area (Å²) < 4.78 is 5.17. The van der Waals surface area contributed by atoms with Gasteiger partial charge < -0.3 is 21.0 Å². The van der Waals surface area contributed by atoms with Crippen molar-refractivity contribution in [2.45, 2.75) is 13.8 Å². The number of carbonyl (C=O) groups is 2. The van der Waals surface area contributed by atoms with E-state index in [1.54, 1.807) is 6.07 Å². The highest BCUT2D eigenvalue weighted by Gasteiger charge is 2.19. The van der Waals surface area contributed by atoms with Gasteiger partial charge in [-0.05, 0) is 25.5 Å². The summed E-state index contributed by atoms with van der Waals surface area (Å²) in [6.07, 6.45) is 0. The zero-order valence-corrected chi connectivity index (χ0v) is 12.6. The first-order chi connectivity index (χ1) is 10.9. The van der Waals surface area contributed by atoms with Crippen molar-refractivity contribution in [2.75, 3.05) is 5.32 Å². The topological polar surface area (TPSA) is 140 Å². The molecule has 3 amide bonds. The van der Waals surface area contributed by atoms with Gasteiger partial charge in [-0.1, -0.05) is 17.3 Å². The number of hydrogen-bond acceptors (Lipinski definition) is 4. The highest BCUT2D eigenvalue weighted by Crippen LogP contribution is 2.32. The quantitative estimate of drug-likeness (QED) is 0.587. The van der Waals surface area contributed by atoms with Crippen LogP contribution in [0.25, 0.3) is 22.0 Å². The number of rotatable bonds is 3. The second-order valence-corrected chi connectivity index (χ2v) is 5.19. The number of aromatic amines is 1. The van der Waals surface area contributed by atoms with Gasteiger partial charge in [-0.3, -0.25) is 10.1 Å². The van der Waals surface area contributed by atoms with E-state index in [-0.39, 0.29) is 11.4 Å². The number of benzene rings is 1. The Balaban J connectivity index is 2.21. The van der Waals surface area contributed by atoms with Crippen molar-refractivity contribution in [2.24, 2.45) is 11.5 Å². The smallest absolute Gasteiger partial charge is 0.317 e. The third-order valence-corrected chi connectivity index (χ3v) is 3.62. The Kier molecular flexibility index (Phi) is 3.29. The number of nitrogens with one attached hydrogen (secondary N) is 2. The first kappa shape index (κ1) is 14.6. The Hall–Kier alpha value is -3.29. The minimum Gasteiger partial charge on any atom is -0.365 e. The molecule has 0 radical (unpaired) electrons. The molecule has 3 aromatic rings. The summed E-state index contributed by atoms with van der Waals surface area (Å²) in [6, 6.07) is 4.63. The lowest BCUT2D eigenvalue weighted by atomic mass is 10.0. The Morgan fingerprint density at radius 3 is 2.57 bits per heavy atom. The molecule has 0 atom stereocenters. The van der Waals surface area contributed by atoms with E-state index in [0.717, 1.165) is 16.8 Å². The number of primary amides is 2. The van der Waals surface area contributed by atoms with Crippen LogP contribution in [0, 0.1) is 13.8 Å². The molecule has 0 bridgehead atoms. The number of aryl methyl sites for hydroxylation is 2. The van der Waals surface area contributed by atoms with Crippen LogP contribution >= 0.6 is 0 Å². The van der Waals surface area contributed by atoms with Crippen molar-refractivity contribution in [3.05, 3.63) is 35.2 Å². The maximum Gasteiger partial charge on any atom is 0.317 e. The van der Waals surface area contributed by atoms with E-state index >= 15 is 0 Å². The first-order valence-electron chi connectivity index (χ1n) is 6.83. The number of amides is 3. The van der Waals surface area contributed by atoms with Gasteiger partial charge >= 0.3 is 6.03 Å². The molecule has 0 aliphatic carbocycles. The molecule has 6 N–H and O–H groups in total. The van der Waals surface area contributed by atoms with Crippen LogP contribution in [0.1, 0.15) is 21.8 Å². The molecule has 23 heavy (non-hydrogen) atoms. The highest BCUT2D eigenvalue weighted by molar-refractivity contribution is 6.13. The van der Waals surface area contributed by atoms with Crippen LogP contribution in [0.2, 0.25) is 0 Å². The number of carbonyl (C=O) groups excluding carboxylic acids is 2. The van der Waals surface area contributed by atoms with E-state index < -0.39 is 11.9 Å². The average molecular weight is 313 g/mol. The number of hydrogen-bond donors (Lipinski definition) is 4. The molecule has 0 aliphatic rings. The van der Waals surface area contributed by atoms with Crippen molar-refractivity contribution in [3.8, 4) is 11.1 Å². The van der Waals surface area contributed by atoms with E-state index in [9.17, 15) is 9.59 Å². The number of nitrogens with two attached hydrogens (primary N) is 2. The number of aromatic nitrogens is 2. The number of urea groups is 1. The number of anilines is 1. The Labute approximate surface area is 130 Å². The van der Waals surface area contributed by atoms with Gasteiger partial charge in [-0.15, -0.1) is 0 Å². The first-order valence-corrected chi connectivity index (χ1v) is 6.83. The van der Waals surface area contributed by atoms with Gasteiger partial charge in [0.2, 0.25) is 0 Å². The molecule has 0 aliphatic heterocycles. The zero-order valence-electron chi connectivity index (χ0n) is 12.6. The molecule has 0 unspecified atom stereocenters. The zero-order chi connectivity index (χ0) is 16.7. The third kappa shape index (κ3) is 2.39. The summed E-state index contributed by atoms with van der Waals surface area (Å²) in [6.45, 7) is 3.67. The van der Waals surface area contributed by atoms with Crippen LogP contribution in [0.3, 0.4) is 0 Å². The predicted molar refractivity (Wildman–Crippen MR) is 85.0 cm³/mol. The fourth-order valence-electron chi connectivity index (χ4n) is 2.72. The van der Waals surface area contributed by atoms with Crippen molar-refractivity contribution in [1.29, 1.82) is 0 Å². The second-order valence-electron chi connectivity index (χ2n) is 5.19. The summed E-state index contributed by atoms with van der Waals surface area (Å²) in [5, 5.41) is 6.90. The van der Waals surface area contributed by atoms with Gasteiger partial charge in [0.25, 0.3) is 5.91 Å². The fraction of sp³-hybridized carbons (Fsp3) is 0.133. The SMILES string of the molecule is Cc1noc(C)c1-c1ccc2c(C(N)=O)c(NC(N)=O)[nH]c2c1. The molecule has 2 aromatic heterocycles. The average Bonchev–Trinajstić information content (AvgIpc) is 2.97. The normalized spacial score (nSPS) is 10.9. The van der Waals surface area contributed by atoms with Gasteiger partial charge in [-0.25, -0.2) is 4.79 Å². The number of H-pyrrole nitrogens is 1. The molecule has 0 spiro atoms. The van der Waals surface area contributed by atoms with E-state index in [4.69, 9.17) is 16.0 Å². The third-order valence-electron chi connectivity index (χ3n) is 3.62. The lowest BCUT2D eigenvalue weighted by Gasteiger charge is -2.01. The molecule has 8 nitrogen and oxygen atoms in total. The van der Waals surface area contributed by atoms with Gasteiger partial charge in [0.05, 0.1) is 11.3 Å². The maximum atomic E-state index is 11.7. The number of nitrogens with zero attached hydrogens (tertiary/aromatic N) is 1. The molecule has 0 saturated heterocycles. The summed E-state index contributed by atoms with van der Waals surface area (Å²) in [5.41, 5.74) is 13.9. The van der Waals surface area contributed by atoms with E-state index in [1.165, 1.54) is 0 Å². The van der Waals surface area contributed by atoms with Crippen molar-refractivity contribution in [1.82, 2.24) is 10.1 Å². The molecule has 3 rings (SSSR count). The molecule has 0 saturated carbocycles. The number of fused-ring (bicyclic) bond motifs is 1. The van der Waals surface area contributed by atoms with Crippen LogP contribution in [0.4, 0.5) is 10.6 Å².